The van der Waals surface area contributed by atoms with Gasteiger partial charge < -0.3 is 31.9 Å². The van der Waals surface area contributed by atoms with Crippen molar-refractivity contribution in [2.24, 2.45) is 21.7 Å². The number of amides is 4. The summed E-state index contributed by atoms with van der Waals surface area (Å²) in [5.74, 6) is 0. The van der Waals surface area contributed by atoms with Crippen LogP contribution in [0.4, 0.5) is 9.59 Å². The number of hydrazone groups is 2. The summed E-state index contributed by atoms with van der Waals surface area (Å²) in [7, 11) is 0. The standard InChI is InChI=1S/C8H16N6O6/c9-7(19)13-11-1-3(12-14-8(10)20)5(17)6(18)4(16)2-15/h1,4-6,15-18H,2H2,(H3,9,13,19)(H3,10,14,20)/b11-1-,12-3-/t4-,5+,6-/m1/s1. The Morgan fingerprint density at radius 3 is 2.15 bits per heavy atom. The molecule has 12 nitrogen and oxygen atoms in total. The molecule has 10 N–H and O–H groups in total. The van der Waals surface area contributed by atoms with Gasteiger partial charge in [0.25, 0.3) is 0 Å². The number of nitrogens with two attached hydrogens (primary N) is 2. The van der Waals surface area contributed by atoms with Gasteiger partial charge in [0.1, 0.15) is 24.0 Å². The molecule has 0 rings (SSSR count). The van der Waals surface area contributed by atoms with E-state index in [1.165, 1.54) is 0 Å². The maximum atomic E-state index is 10.5. The van der Waals surface area contributed by atoms with E-state index in [1.54, 1.807) is 10.9 Å². The molecule has 4 amide bonds. The Morgan fingerprint density at radius 1 is 1.15 bits per heavy atom. The molecule has 114 valence electrons. The van der Waals surface area contributed by atoms with Crippen molar-refractivity contribution in [2.75, 3.05) is 6.61 Å². The summed E-state index contributed by atoms with van der Waals surface area (Å²) in [6.45, 7) is -0.828. The average molecular weight is 292 g/mol. The van der Waals surface area contributed by atoms with Crippen LogP contribution < -0.4 is 22.3 Å². The van der Waals surface area contributed by atoms with Crippen molar-refractivity contribution in [1.82, 2.24) is 10.9 Å². The summed E-state index contributed by atoms with van der Waals surface area (Å²) >= 11 is 0. The Balaban J connectivity index is 5.00. The fraction of sp³-hybridized carbons (Fsp3) is 0.500. The lowest BCUT2D eigenvalue weighted by Crippen LogP contribution is -2.45. The Morgan fingerprint density at radius 2 is 1.70 bits per heavy atom. The Bertz CT molecular complexity index is 399. The van der Waals surface area contributed by atoms with E-state index in [0.717, 1.165) is 6.21 Å². The first kappa shape index (κ1) is 17.7. The first-order valence-corrected chi connectivity index (χ1v) is 5.16. The zero-order chi connectivity index (χ0) is 15.7. The van der Waals surface area contributed by atoms with Crippen molar-refractivity contribution < 1.29 is 30.0 Å². The summed E-state index contributed by atoms with van der Waals surface area (Å²) in [4.78, 5) is 20.9. The number of carbonyl (C=O) groups excluding carboxylic acids is 2. The number of rotatable bonds is 7. The second-order valence-corrected chi connectivity index (χ2v) is 3.43. The van der Waals surface area contributed by atoms with Crippen LogP contribution in [0.1, 0.15) is 0 Å². The van der Waals surface area contributed by atoms with Crippen LogP contribution in [0.25, 0.3) is 0 Å². The lowest BCUT2D eigenvalue weighted by atomic mass is 10.0. The zero-order valence-corrected chi connectivity index (χ0v) is 10.2. The third-order valence-electron chi connectivity index (χ3n) is 1.87. The number of hydrogen-bond acceptors (Lipinski definition) is 8. The van der Waals surface area contributed by atoms with Crippen LogP contribution in [0.5, 0.6) is 0 Å². The minimum atomic E-state index is -1.83. The van der Waals surface area contributed by atoms with E-state index < -0.39 is 42.7 Å². The predicted octanol–water partition coefficient (Wildman–Crippen LogP) is -4.26. The van der Waals surface area contributed by atoms with Gasteiger partial charge in [-0.2, -0.15) is 10.2 Å². The molecule has 0 heterocycles. The van der Waals surface area contributed by atoms with Gasteiger partial charge in [-0.1, -0.05) is 0 Å². The van der Waals surface area contributed by atoms with Crippen LogP contribution in [-0.2, 0) is 0 Å². The zero-order valence-electron chi connectivity index (χ0n) is 10.2. The molecule has 0 aliphatic rings. The van der Waals surface area contributed by atoms with Crippen LogP contribution >= 0.6 is 0 Å². The third-order valence-corrected chi connectivity index (χ3v) is 1.87. The predicted molar refractivity (Wildman–Crippen MR) is 66.5 cm³/mol. The first-order chi connectivity index (χ1) is 9.29. The monoisotopic (exact) mass is 292 g/mol. The van der Waals surface area contributed by atoms with Gasteiger partial charge in [0, 0.05) is 0 Å². The quantitative estimate of drug-likeness (QED) is 0.171. The number of hydrogen-bond donors (Lipinski definition) is 8. The van der Waals surface area contributed by atoms with Gasteiger partial charge in [-0.05, 0) is 0 Å². The number of primary amides is 2. The second-order valence-electron chi connectivity index (χ2n) is 3.43. The number of aliphatic hydroxyl groups is 4. The Labute approximate surface area is 112 Å². The summed E-state index contributed by atoms with van der Waals surface area (Å²) < 4.78 is 0. The van der Waals surface area contributed by atoms with E-state index >= 15 is 0 Å². The van der Waals surface area contributed by atoms with Gasteiger partial charge in [-0.15, -0.1) is 0 Å². The maximum Gasteiger partial charge on any atom is 0.332 e. The fourth-order valence-corrected chi connectivity index (χ4v) is 0.946. The van der Waals surface area contributed by atoms with Crippen molar-refractivity contribution in [3.05, 3.63) is 0 Å². The van der Waals surface area contributed by atoms with Crippen LogP contribution in [0.3, 0.4) is 0 Å². The summed E-state index contributed by atoms with van der Waals surface area (Å²) in [6, 6.07) is -2.07. The molecule has 0 unspecified atom stereocenters. The van der Waals surface area contributed by atoms with E-state index in [1.807, 2.05) is 0 Å². The molecule has 12 heteroatoms. The van der Waals surface area contributed by atoms with Crippen molar-refractivity contribution in [1.29, 1.82) is 0 Å². The lowest BCUT2D eigenvalue weighted by Gasteiger charge is -2.21. The number of nitrogens with zero attached hydrogens (tertiary/aromatic N) is 2. The highest BCUT2D eigenvalue weighted by Gasteiger charge is 2.28. The van der Waals surface area contributed by atoms with E-state index in [0.29, 0.717) is 0 Å². The molecule has 0 spiro atoms. The van der Waals surface area contributed by atoms with Crippen molar-refractivity contribution in [3.63, 3.8) is 0 Å². The largest absolute Gasteiger partial charge is 0.394 e. The maximum absolute atomic E-state index is 10.5. The SMILES string of the molecule is NC(=O)N/N=C\C(=N\NC(N)=O)[C@H](O)[C@H](O)[C@H](O)CO. The third kappa shape index (κ3) is 6.60. The second kappa shape index (κ2) is 8.76. The molecule has 0 aromatic rings. The molecule has 0 aromatic carbocycles. The van der Waals surface area contributed by atoms with E-state index in [9.17, 15) is 24.9 Å². The molecule has 0 aliphatic carbocycles. The molecule has 0 fully saturated rings. The van der Waals surface area contributed by atoms with Gasteiger partial charge in [-0.25, -0.2) is 20.4 Å². The number of carbonyl (C=O) groups is 2. The van der Waals surface area contributed by atoms with Crippen LogP contribution in [-0.4, -0.2) is 69.3 Å². The average Bonchev–Trinajstić information content (AvgIpc) is 2.39. The Kier molecular flexibility index (Phi) is 7.76. The molecular weight excluding hydrogens is 276 g/mol. The van der Waals surface area contributed by atoms with Gasteiger partial charge in [0.15, 0.2) is 0 Å². The topological polar surface area (TPSA) is 216 Å². The van der Waals surface area contributed by atoms with E-state index in [4.69, 9.17) is 16.6 Å². The lowest BCUT2D eigenvalue weighted by molar-refractivity contribution is -0.0549. The normalized spacial score (nSPS) is 16.5. The minimum absolute atomic E-state index is 0.461. The number of nitrogens with one attached hydrogen (secondary N) is 2. The first-order valence-electron chi connectivity index (χ1n) is 5.16. The van der Waals surface area contributed by atoms with Crippen molar-refractivity contribution in [2.45, 2.75) is 18.3 Å². The van der Waals surface area contributed by atoms with Crippen LogP contribution in [0, 0.1) is 0 Å². The van der Waals surface area contributed by atoms with E-state index in [2.05, 4.69) is 10.2 Å². The molecular formula is C8H16N6O6. The fourth-order valence-electron chi connectivity index (χ4n) is 0.946. The molecule has 0 saturated heterocycles. The van der Waals surface area contributed by atoms with Gasteiger partial charge in [0.05, 0.1) is 12.8 Å². The molecule has 0 aromatic heterocycles. The molecule has 3 atom stereocenters. The molecule has 0 radical (unpaired) electrons. The molecule has 0 aliphatic heterocycles. The molecule has 0 bridgehead atoms. The van der Waals surface area contributed by atoms with Gasteiger partial charge >= 0.3 is 12.1 Å². The Hall–Kier alpha value is -2.28. The molecule has 0 saturated carbocycles. The van der Waals surface area contributed by atoms with Crippen molar-refractivity contribution >= 4 is 24.0 Å². The number of aliphatic hydroxyl groups excluding tert-OH is 4. The van der Waals surface area contributed by atoms with E-state index in [-0.39, 0.29) is 0 Å². The van der Waals surface area contributed by atoms with Gasteiger partial charge in [-0.3, -0.25) is 0 Å². The summed E-state index contributed by atoms with van der Waals surface area (Å²) in [5, 5.41) is 43.5. The smallest absolute Gasteiger partial charge is 0.332 e. The van der Waals surface area contributed by atoms with Crippen LogP contribution in [0.15, 0.2) is 10.2 Å². The highest BCUT2D eigenvalue weighted by Crippen LogP contribution is 2.01. The van der Waals surface area contributed by atoms with Crippen molar-refractivity contribution in [3.8, 4) is 0 Å². The minimum Gasteiger partial charge on any atom is -0.394 e. The van der Waals surface area contributed by atoms with Crippen LogP contribution in [0.2, 0.25) is 0 Å². The van der Waals surface area contributed by atoms with Gasteiger partial charge in [0.2, 0.25) is 0 Å². The highest BCUT2D eigenvalue weighted by molar-refractivity contribution is 6.32. The highest BCUT2D eigenvalue weighted by atomic mass is 16.4. The summed E-state index contributed by atoms with van der Waals surface area (Å²) in [6.07, 6.45) is -4.57. The molecule has 20 heavy (non-hydrogen) atoms. The summed E-state index contributed by atoms with van der Waals surface area (Å²) in [5.41, 5.74) is 12.6. The number of urea groups is 2.